The number of hydrogen-bond acceptors (Lipinski definition) is 2. The fourth-order valence-corrected chi connectivity index (χ4v) is 2.40. The molecule has 0 spiro atoms. The number of amidine groups is 1. The van der Waals surface area contributed by atoms with Crippen molar-refractivity contribution in [2.75, 3.05) is 0 Å². The first-order chi connectivity index (χ1) is 7.52. The molecular formula is C13H20N2S. The van der Waals surface area contributed by atoms with E-state index in [1.165, 1.54) is 0 Å². The molecule has 3 heteroatoms. The molecule has 3 N–H and O–H groups in total. The van der Waals surface area contributed by atoms with Gasteiger partial charge >= 0.3 is 0 Å². The first-order valence-electron chi connectivity index (χ1n) is 5.56. The largest absolute Gasteiger partial charge is 0.384 e. The van der Waals surface area contributed by atoms with Crippen LogP contribution in [0.4, 0.5) is 0 Å². The van der Waals surface area contributed by atoms with Gasteiger partial charge < -0.3 is 5.73 Å². The van der Waals surface area contributed by atoms with Crippen LogP contribution in [-0.4, -0.2) is 11.1 Å². The number of rotatable bonds is 5. The van der Waals surface area contributed by atoms with E-state index in [0.717, 1.165) is 16.9 Å². The van der Waals surface area contributed by atoms with Crippen LogP contribution in [0.2, 0.25) is 0 Å². The van der Waals surface area contributed by atoms with E-state index in [9.17, 15) is 0 Å². The average Bonchev–Trinajstić information content (AvgIpc) is 2.25. The average molecular weight is 236 g/mol. The predicted octanol–water partition coefficient (Wildman–Crippen LogP) is 3.25. The van der Waals surface area contributed by atoms with Crippen LogP contribution in [0.1, 0.15) is 31.9 Å². The standard InChI is InChI=1S/C13H20N2S/c1-9(2)10(3)16-8-11-6-4-5-7-12(11)13(14)15/h4-7,9-10H,8H2,1-3H3,(H3,14,15). The summed E-state index contributed by atoms with van der Waals surface area (Å²) in [5.74, 6) is 1.76. The van der Waals surface area contributed by atoms with Gasteiger partial charge in [-0.2, -0.15) is 11.8 Å². The van der Waals surface area contributed by atoms with Crippen molar-refractivity contribution >= 4 is 17.6 Å². The second kappa shape index (κ2) is 5.94. The second-order valence-corrected chi connectivity index (χ2v) is 5.70. The molecule has 0 aromatic heterocycles. The van der Waals surface area contributed by atoms with Crippen LogP contribution in [0.5, 0.6) is 0 Å². The summed E-state index contributed by atoms with van der Waals surface area (Å²) in [4.78, 5) is 0. The van der Waals surface area contributed by atoms with E-state index < -0.39 is 0 Å². The van der Waals surface area contributed by atoms with E-state index in [4.69, 9.17) is 11.1 Å². The van der Waals surface area contributed by atoms with Crippen LogP contribution in [0.25, 0.3) is 0 Å². The molecule has 1 rings (SSSR count). The molecule has 0 saturated heterocycles. The maximum Gasteiger partial charge on any atom is 0.123 e. The van der Waals surface area contributed by atoms with Gasteiger partial charge in [0.15, 0.2) is 0 Å². The Hall–Kier alpha value is -0.960. The highest BCUT2D eigenvalue weighted by molar-refractivity contribution is 7.99. The lowest BCUT2D eigenvalue weighted by Crippen LogP contribution is -2.14. The van der Waals surface area contributed by atoms with Gasteiger partial charge in [0.25, 0.3) is 0 Å². The van der Waals surface area contributed by atoms with Gasteiger partial charge in [0.2, 0.25) is 0 Å². The highest BCUT2D eigenvalue weighted by Crippen LogP contribution is 2.24. The Labute approximate surface area is 102 Å². The molecule has 1 aromatic rings. The fourth-order valence-electron chi connectivity index (χ4n) is 1.32. The molecule has 0 aliphatic heterocycles. The zero-order valence-corrected chi connectivity index (χ0v) is 11.0. The van der Waals surface area contributed by atoms with Crippen LogP contribution < -0.4 is 5.73 Å². The molecule has 1 aromatic carbocycles. The monoisotopic (exact) mass is 236 g/mol. The van der Waals surface area contributed by atoms with Crippen molar-refractivity contribution in [2.24, 2.45) is 11.7 Å². The molecule has 0 saturated carbocycles. The summed E-state index contributed by atoms with van der Waals surface area (Å²) in [6.07, 6.45) is 0. The van der Waals surface area contributed by atoms with Crippen molar-refractivity contribution in [2.45, 2.75) is 31.8 Å². The minimum absolute atomic E-state index is 0.161. The molecule has 2 nitrogen and oxygen atoms in total. The zero-order valence-electron chi connectivity index (χ0n) is 10.2. The van der Waals surface area contributed by atoms with Gasteiger partial charge in [0.05, 0.1) is 0 Å². The lowest BCUT2D eigenvalue weighted by atomic mass is 10.1. The SMILES string of the molecule is CC(C)C(C)SCc1ccccc1C(=N)N. The van der Waals surface area contributed by atoms with Gasteiger partial charge in [-0.15, -0.1) is 0 Å². The van der Waals surface area contributed by atoms with Crippen LogP contribution in [-0.2, 0) is 5.75 Å². The van der Waals surface area contributed by atoms with Gasteiger partial charge in [-0.1, -0.05) is 45.0 Å². The van der Waals surface area contributed by atoms with Crippen LogP contribution in [0.15, 0.2) is 24.3 Å². The molecule has 0 heterocycles. The minimum atomic E-state index is 0.161. The van der Waals surface area contributed by atoms with Crippen molar-refractivity contribution in [1.82, 2.24) is 0 Å². The Morgan fingerprint density at radius 1 is 1.31 bits per heavy atom. The number of nitrogen functional groups attached to an aromatic ring is 1. The van der Waals surface area contributed by atoms with Gasteiger partial charge in [-0.3, -0.25) is 5.41 Å². The summed E-state index contributed by atoms with van der Waals surface area (Å²) in [5.41, 5.74) is 7.58. The van der Waals surface area contributed by atoms with Crippen molar-refractivity contribution in [3.8, 4) is 0 Å². The Kier molecular flexibility index (Phi) is 4.87. The summed E-state index contributed by atoms with van der Waals surface area (Å²) >= 11 is 1.92. The maximum absolute atomic E-state index is 7.52. The molecule has 0 radical (unpaired) electrons. The van der Waals surface area contributed by atoms with E-state index >= 15 is 0 Å². The lowest BCUT2D eigenvalue weighted by Gasteiger charge is -2.16. The smallest absolute Gasteiger partial charge is 0.123 e. The van der Waals surface area contributed by atoms with Crippen LogP contribution in [0, 0.1) is 11.3 Å². The topological polar surface area (TPSA) is 49.9 Å². The van der Waals surface area contributed by atoms with E-state index in [-0.39, 0.29) is 5.84 Å². The lowest BCUT2D eigenvalue weighted by molar-refractivity contribution is 0.642. The maximum atomic E-state index is 7.52. The summed E-state index contributed by atoms with van der Waals surface area (Å²) in [6.45, 7) is 6.70. The molecule has 0 fully saturated rings. The number of thioether (sulfide) groups is 1. The third-order valence-electron chi connectivity index (χ3n) is 2.75. The van der Waals surface area contributed by atoms with Crippen molar-refractivity contribution in [3.63, 3.8) is 0 Å². The Morgan fingerprint density at radius 2 is 1.94 bits per heavy atom. The predicted molar refractivity (Wildman–Crippen MR) is 73.1 cm³/mol. The zero-order chi connectivity index (χ0) is 12.1. The van der Waals surface area contributed by atoms with Crippen LogP contribution in [0.3, 0.4) is 0 Å². The highest BCUT2D eigenvalue weighted by Gasteiger charge is 2.10. The molecule has 0 amide bonds. The van der Waals surface area contributed by atoms with E-state index in [2.05, 4.69) is 26.8 Å². The normalized spacial score (nSPS) is 12.8. The van der Waals surface area contributed by atoms with Gasteiger partial charge in [-0.05, 0) is 11.5 Å². The molecule has 0 aliphatic carbocycles. The third-order valence-corrected chi connectivity index (χ3v) is 4.30. The van der Waals surface area contributed by atoms with E-state index in [1.807, 2.05) is 30.0 Å². The highest BCUT2D eigenvalue weighted by atomic mass is 32.2. The fraction of sp³-hybridized carbons (Fsp3) is 0.462. The second-order valence-electron chi connectivity index (χ2n) is 4.33. The van der Waals surface area contributed by atoms with Gasteiger partial charge in [0, 0.05) is 16.6 Å². The summed E-state index contributed by atoms with van der Waals surface area (Å²) in [7, 11) is 0. The molecule has 16 heavy (non-hydrogen) atoms. The van der Waals surface area contributed by atoms with Crippen molar-refractivity contribution in [3.05, 3.63) is 35.4 Å². The molecule has 1 atom stereocenters. The van der Waals surface area contributed by atoms with Crippen LogP contribution >= 0.6 is 11.8 Å². The molecule has 1 unspecified atom stereocenters. The van der Waals surface area contributed by atoms with Crippen molar-refractivity contribution in [1.29, 1.82) is 5.41 Å². The summed E-state index contributed by atoms with van der Waals surface area (Å²) < 4.78 is 0. The summed E-state index contributed by atoms with van der Waals surface area (Å²) in [5, 5.41) is 8.14. The van der Waals surface area contributed by atoms with Gasteiger partial charge in [0.1, 0.15) is 5.84 Å². The summed E-state index contributed by atoms with van der Waals surface area (Å²) in [6, 6.07) is 7.90. The number of benzene rings is 1. The number of nitrogens with one attached hydrogen (secondary N) is 1. The number of hydrogen-bond donors (Lipinski definition) is 2. The minimum Gasteiger partial charge on any atom is -0.384 e. The molecule has 0 aliphatic rings. The molecule has 88 valence electrons. The van der Waals surface area contributed by atoms with E-state index in [1.54, 1.807) is 0 Å². The van der Waals surface area contributed by atoms with E-state index in [0.29, 0.717) is 11.2 Å². The Balaban J connectivity index is 2.70. The molecular weight excluding hydrogens is 216 g/mol. The molecule has 0 bridgehead atoms. The Bertz CT molecular complexity index is 361. The van der Waals surface area contributed by atoms with Gasteiger partial charge in [-0.25, -0.2) is 0 Å². The van der Waals surface area contributed by atoms with Crippen molar-refractivity contribution < 1.29 is 0 Å². The number of nitrogens with two attached hydrogens (primary N) is 1. The third kappa shape index (κ3) is 3.56. The first-order valence-corrected chi connectivity index (χ1v) is 6.61. The quantitative estimate of drug-likeness (QED) is 0.609. The first kappa shape index (κ1) is 13.1. The Morgan fingerprint density at radius 3 is 2.50 bits per heavy atom.